The van der Waals surface area contributed by atoms with E-state index in [0.717, 1.165) is 11.6 Å². The van der Waals surface area contributed by atoms with Crippen LogP contribution in [0.25, 0.3) is 83.4 Å². The van der Waals surface area contributed by atoms with Gasteiger partial charge in [-0.1, -0.05) is 198 Å². The zero-order valence-corrected chi connectivity index (χ0v) is 42.6. The van der Waals surface area contributed by atoms with Crippen molar-refractivity contribution in [3.8, 4) is 61.6 Å². The van der Waals surface area contributed by atoms with Crippen molar-refractivity contribution in [2.45, 2.75) is 44.2 Å². The topological polar surface area (TPSA) is 19.2 Å². The van der Waals surface area contributed by atoms with Gasteiger partial charge >= 0.3 is 5.66 Å². The van der Waals surface area contributed by atoms with Gasteiger partial charge in [0.1, 0.15) is 22.5 Å². The first-order valence-corrected chi connectivity index (χ1v) is 26.8. The van der Waals surface area contributed by atoms with Crippen LogP contribution in [0.4, 0.5) is 34.4 Å². The first-order valence-electron chi connectivity index (χ1n) is 26.8. The molecule has 0 saturated heterocycles. The lowest BCUT2D eigenvalue weighted by atomic mass is 9.67. The third-order valence-electron chi connectivity index (χ3n) is 18.6. The van der Waals surface area contributed by atoms with Crippen molar-refractivity contribution < 1.29 is 9.13 Å². The van der Waals surface area contributed by atoms with E-state index in [9.17, 15) is 0 Å². The highest BCUT2D eigenvalue weighted by Crippen LogP contribution is 2.67. The van der Waals surface area contributed by atoms with E-state index in [1.54, 1.807) is 0 Å². The highest BCUT2D eigenvalue weighted by molar-refractivity contribution is 6.15. The number of benzene rings is 9. The number of fused-ring (bicyclic) bond motifs is 11. The molecule has 0 bridgehead atoms. The van der Waals surface area contributed by atoms with Gasteiger partial charge in [-0.05, 0) is 87.0 Å². The van der Waals surface area contributed by atoms with E-state index in [1.807, 2.05) is 0 Å². The maximum Gasteiger partial charge on any atom is 0.319 e. The van der Waals surface area contributed by atoms with Crippen molar-refractivity contribution >= 4 is 56.2 Å². The van der Waals surface area contributed by atoms with E-state index in [1.165, 1.54) is 140 Å². The molecule has 5 nitrogen and oxygen atoms in total. The monoisotopic (exact) mass is 971 g/mol. The number of para-hydroxylation sites is 3. The van der Waals surface area contributed by atoms with Gasteiger partial charge in [-0.25, -0.2) is 0 Å². The van der Waals surface area contributed by atoms with Crippen LogP contribution in [-0.4, -0.2) is 4.57 Å². The first-order chi connectivity index (χ1) is 37.2. The summed E-state index contributed by atoms with van der Waals surface area (Å²) in [6.07, 6.45) is 0. The van der Waals surface area contributed by atoms with Gasteiger partial charge in [-0.2, -0.15) is 18.9 Å². The fourth-order valence-electron chi connectivity index (χ4n) is 15.2. The molecule has 6 aliphatic heterocycles. The smallest absolute Gasteiger partial charge is 0.308 e. The normalized spacial score (nSPS) is 17.2. The largest absolute Gasteiger partial charge is 0.319 e. The van der Waals surface area contributed by atoms with Crippen LogP contribution in [0, 0.1) is 0 Å². The Morgan fingerprint density at radius 3 is 1.33 bits per heavy atom. The van der Waals surface area contributed by atoms with Gasteiger partial charge in [0.25, 0.3) is 11.6 Å². The zero-order chi connectivity index (χ0) is 50.1. The number of aromatic nitrogens is 3. The highest BCUT2D eigenvalue weighted by Gasteiger charge is 2.72. The summed E-state index contributed by atoms with van der Waals surface area (Å²) in [5, 5.41) is 2.58. The Balaban J connectivity index is 1.05. The molecule has 5 heteroatoms. The van der Waals surface area contributed by atoms with E-state index >= 15 is 0 Å². The van der Waals surface area contributed by atoms with Gasteiger partial charge in [0, 0.05) is 56.0 Å². The van der Waals surface area contributed by atoms with Crippen molar-refractivity contribution in [3.63, 3.8) is 0 Å². The lowest BCUT2D eigenvalue weighted by Crippen LogP contribution is -2.77. The molecule has 3 aromatic heterocycles. The Morgan fingerprint density at radius 2 is 0.776 bits per heavy atom. The summed E-state index contributed by atoms with van der Waals surface area (Å²) in [4.78, 5) is 5.33. The van der Waals surface area contributed by atoms with Gasteiger partial charge in [-0.15, -0.1) is 0 Å². The standard InChI is InChI=1S/C71H49N5/c1-69(2)52-22-12-15-25-57(52)73-62-39-48(46-31-27-44(28-32-46)42-17-7-5-8-18-42)37-60-61-38-49(47-33-29-45(30-34-47)43-19-9-6-10-20-43)40-63-74-58-26-16-13-23-53(58)70(3,4)55-41-51-50-21-11-14-24-56(50)72-59-36-35-54(69)67(73)64(59)71(75(60)62,76(61)63)65(66(51)72)68(55)74/h5-41H,1-4H3/q+2. The summed E-state index contributed by atoms with van der Waals surface area (Å²) in [5.74, 6) is 2.33. The number of pyridine rings is 2. The van der Waals surface area contributed by atoms with Gasteiger partial charge in [-0.3, -0.25) is 0 Å². The Hall–Kier alpha value is -9.32. The van der Waals surface area contributed by atoms with Gasteiger partial charge in [0.2, 0.25) is 0 Å². The molecule has 0 N–H and O–H groups in total. The van der Waals surface area contributed by atoms with Crippen molar-refractivity contribution in [2.75, 3.05) is 9.80 Å². The number of nitrogens with zero attached hydrogens (tertiary/aromatic N) is 5. The van der Waals surface area contributed by atoms with Crippen molar-refractivity contribution in [1.82, 2.24) is 4.57 Å². The van der Waals surface area contributed by atoms with Crippen molar-refractivity contribution in [3.05, 3.63) is 258 Å². The van der Waals surface area contributed by atoms with Crippen LogP contribution >= 0.6 is 0 Å². The maximum atomic E-state index is 2.79. The summed E-state index contributed by atoms with van der Waals surface area (Å²) >= 11 is 0. The minimum absolute atomic E-state index is 0.305. The molecule has 9 aromatic carbocycles. The average Bonchev–Trinajstić information content (AvgIpc) is 4.10. The summed E-state index contributed by atoms with van der Waals surface area (Å²) in [7, 11) is 0. The molecule has 18 rings (SSSR count). The second-order valence-electron chi connectivity index (χ2n) is 22.9. The molecule has 6 aliphatic rings. The van der Waals surface area contributed by atoms with E-state index < -0.39 is 5.66 Å². The third-order valence-corrected chi connectivity index (χ3v) is 18.6. The second kappa shape index (κ2) is 13.7. The molecule has 0 fully saturated rings. The van der Waals surface area contributed by atoms with Crippen LogP contribution in [0.3, 0.4) is 0 Å². The predicted molar refractivity (Wildman–Crippen MR) is 307 cm³/mol. The van der Waals surface area contributed by atoms with Gasteiger partial charge < -0.3 is 4.57 Å². The molecular weight excluding hydrogens is 923 g/mol. The molecule has 0 saturated carbocycles. The molecule has 0 amide bonds. The summed E-state index contributed by atoms with van der Waals surface area (Å²) in [5.41, 5.74) is 27.3. The number of hydrogen-bond donors (Lipinski definition) is 0. The molecule has 9 heterocycles. The van der Waals surface area contributed by atoms with Crippen molar-refractivity contribution in [1.29, 1.82) is 0 Å². The second-order valence-corrected chi connectivity index (χ2v) is 22.9. The molecule has 0 aliphatic carbocycles. The molecule has 1 atom stereocenters. The van der Waals surface area contributed by atoms with E-state index in [2.05, 4.69) is 276 Å². The summed E-state index contributed by atoms with van der Waals surface area (Å²) < 4.78 is 8.24. The molecule has 0 radical (unpaired) electrons. The Morgan fingerprint density at radius 1 is 0.329 bits per heavy atom. The first kappa shape index (κ1) is 41.1. The lowest BCUT2D eigenvalue weighted by Gasteiger charge is -2.49. The van der Waals surface area contributed by atoms with Gasteiger partial charge in [0.05, 0.1) is 16.7 Å². The predicted octanol–water partition coefficient (Wildman–Crippen LogP) is 16.5. The Labute approximate surface area is 441 Å². The minimum atomic E-state index is -0.826. The van der Waals surface area contributed by atoms with Crippen LogP contribution in [0.1, 0.15) is 61.1 Å². The SMILES string of the molecule is CC1(C)c2ccccc2N2c3c1ccc1c3C34c5c6c(cc7c8ccccc8n-1c57)C(C)(C)c1ccccc1N6c1cc(-c5ccc(-c6ccccc6)cc5)cc([n+]13)-c1cc(-c3ccc(-c5ccccc5)cc3)cc2[n+]14. The quantitative estimate of drug-likeness (QED) is 0.164. The zero-order valence-electron chi connectivity index (χ0n) is 42.6. The van der Waals surface area contributed by atoms with Crippen LogP contribution in [0.2, 0.25) is 0 Å². The number of rotatable bonds is 4. The number of hydrogen-bond acceptors (Lipinski definition) is 2. The van der Waals surface area contributed by atoms with Crippen molar-refractivity contribution in [2.24, 2.45) is 0 Å². The molecule has 76 heavy (non-hydrogen) atoms. The van der Waals surface area contributed by atoms with Crippen LogP contribution < -0.4 is 18.9 Å². The third kappa shape index (κ3) is 4.68. The Kier molecular flexibility index (Phi) is 7.40. The summed E-state index contributed by atoms with van der Waals surface area (Å²) in [6.45, 7) is 9.80. The van der Waals surface area contributed by atoms with Crippen LogP contribution in [-0.2, 0) is 16.5 Å². The molecule has 356 valence electrons. The van der Waals surface area contributed by atoms with Gasteiger partial charge in [0.15, 0.2) is 22.8 Å². The maximum absolute atomic E-state index is 2.79. The Bertz CT molecular complexity index is 4490. The molecule has 12 aromatic rings. The average molecular weight is 972 g/mol. The summed E-state index contributed by atoms with van der Waals surface area (Å²) in [6, 6.07) is 85.2. The highest BCUT2D eigenvalue weighted by atomic mass is 15.5. The van der Waals surface area contributed by atoms with E-state index in [-0.39, 0.29) is 10.8 Å². The fraction of sp³-hybridized carbons (Fsp3) is 0.0986. The minimum Gasteiger partial charge on any atom is -0.308 e. The van der Waals surface area contributed by atoms with E-state index in [0.29, 0.717) is 0 Å². The van der Waals surface area contributed by atoms with Crippen LogP contribution in [0.15, 0.2) is 224 Å². The fourth-order valence-corrected chi connectivity index (χ4v) is 15.2. The molecule has 1 spiro atoms. The number of anilines is 6. The molecular formula is C71H49N5+2. The lowest BCUT2D eigenvalue weighted by molar-refractivity contribution is -0.928. The molecule has 1 unspecified atom stereocenters. The van der Waals surface area contributed by atoms with Crippen LogP contribution in [0.5, 0.6) is 0 Å². The van der Waals surface area contributed by atoms with E-state index in [4.69, 9.17) is 0 Å².